The highest BCUT2D eigenvalue weighted by molar-refractivity contribution is 5.85. The number of halogens is 1. The summed E-state index contributed by atoms with van der Waals surface area (Å²) in [6.45, 7) is 3.82. The van der Waals surface area contributed by atoms with Gasteiger partial charge >= 0.3 is 0 Å². The predicted molar refractivity (Wildman–Crippen MR) is 80.8 cm³/mol. The number of nitrogens with zero attached hydrogens (tertiary/aromatic N) is 1. The molecule has 1 amide bonds. The Bertz CT molecular complexity index is 422. The second-order valence-electron chi connectivity index (χ2n) is 5.07. The number of carbonyl (C=O) groups excluding carboxylic acids is 1. The van der Waals surface area contributed by atoms with Crippen molar-refractivity contribution in [2.75, 3.05) is 20.1 Å². The van der Waals surface area contributed by atoms with Gasteiger partial charge in [0.1, 0.15) is 0 Å². The first-order chi connectivity index (χ1) is 8.70. The first kappa shape index (κ1) is 16.0. The van der Waals surface area contributed by atoms with Gasteiger partial charge in [-0.25, -0.2) is 0 Å². The summed E-state index contributed by atoms with van der Waals surface area (Å²) in [5.41, 5.74) is 2.35. The van der Waals surface area contributed by atoms with E-state index in [4.69, 9.17) is 0 Å². The fourth-order valence-electron chi connectivity index (χ4n) is 2.52. The average Bonchev–Trinajstić information content (AvgIpc) is 2.41. The molecular formula is C15H23ClN2O. The molecule has 1 atom stereocenters. The largest absolute Gasteiger partial charge is 0.341 e. The van der Waals surface area contributed by atoms with E-state index >= 15 is 0 Å². The molecule has 1 aliphatic rings. The predicted octanol–water partition coefficient (Wildman–Crippen LogP) is 2.17. The Morgan fingerprint density at radius 2 is 2.16 bits per heavy atom. The number of carbonyl (C=O) groups is 1. The molecular weight excluding hydrogens is 260 g/mol. The molecule has 0 spiro atoms. The van der Waals surface area contributed by atoms with Crippen LogP contribution in [0.1, 0.15) is 24.0 Å². The number of amides is 1. The molecule has 106 valence electrons. The van der Waals surface area contributed by atoms with E-state index in [-0.39, 0.29) is 18.3 Å². The van der Waals surface area contributed by atoms with Crippen LogP contribution in [0.4, 0.5) is 0 Å². The van der Waals surface area contributed by atoms with Gasteiger partial charge in [-0.2, -0.15) is 0 Å². The molecule has 1 unspecified atom stereocenters. The minimum Gasteiger partial charge on any atom is -0.341 e. The second-order valence-corrected chi connectivity index (χ2v) is 5.07. The van der Waals surface area contributed by atoms with Gasteiger partial charge in [-0.15, -0.1) is 12.4 Å². The Kier molecular flexibility index (Phi) is 6.32. The first-order valence-corrected chi connectivity index (χ1v) is 6.70. The lowest BCUT2D eigenvalue weighted by Crippen LogP contribution is -2.47. The number of aryl methyl sites for hydroxylation is 1. The highest BCUT2D eigenvalue weighted by Gasteiger charge is 2.22. The van der Waals surface area contributed by atoms with Crippen molar-refractivity contribution >= 4 is 18.3 Å². The third-order valence-corrected chi connectivity index (χ3v) is 3.79. The fraction of sp³-hybridized carbons (Fsp3) is 0.533. The number of hydrogen-bond acceptors (Lipinski definition) is 2. The van der Waals surface area contributed by atoms with Crippen LogP contribution >= 0.6 is 12.4 Å². The third-order valence-electron chi connectivity index (χ3n) is 3.79. The van der Waals surface area contributed by atoms with Crippen LogP contribution in [0.2, 0.25) is 0 Å². The van der Waals surface area contributed by atoms with Crippen LogP contribution in [0.25, 0.3) is 0 Å². The summed E-state index contributed by atoms with van der Waals surface area (Å²) in [7, 11) is 1.97. The zero-order valence-electron chi connectivity index (χ0n) is 11.7. The van der Waals surface area contributed by atoms with E-state index in [9.17, 15) is 4.79 Å². The summed E-state index contributed by atoms with van der Waals surface area (Å²) >= 11 is 0. The number of nitrogens with one attached hydrogen (secondary N) is 1. The molecule has 19 heavy (non-hydrogen) atoms. The molecule has 1 fully saturated rings. The van der Waals surface area contributed by atoms with E-state index in [1.54, 1.807) is 0 Å². The van der Waals surface area contributed by atoms with Crippen LogP contribution < -0.4 is 5.32 Å². The molecule has 4 heteroatoms. The van der Waals surface area contributed by atoms with Gasteiger partial charge in [-0.3, -0.25) is 4.79 Å². The third kappa shape index (κ3) is 4.22. The molecule has 1 aromatic rings. The molecule has 3 nitrogen and oxygen atoms in total. The number of likely N-dealkylation sites (tertiary alicyclic amines) is 1. The summed E-state index contributed by atoms with van der Waals surface area (Å²) in [6, 6.07) is 8.59. The topological polar surface area (TPSA) is 32.3 Å². The zero-order valence-corrected chi connectivity index (χ0v) is 12.5. The standard InChI is InChI=1S/C15H22N2O.ClH/c1-12-6-3-4-7-13(12)10-15(18)17-9-5-8-14(11-17)16-2;/h3-4,6-7,14,16H,5,8-11H2,1-2H3;1H. The van der Waals surface area contributed by atoms with Gasteiger partial charge < -0.3 is 10.2 Å². The Labute approximate surface area is 121 Å². The fourth-order valence-corrected chi connectivity index (χ4v) is 2.52. The SMILES string of the molecule is CNC1CCCN(C(=O)Cc2ccccc2C)C1.Cl. The first-order valence-electron chi connectivity index (χ1n) is 6.70. The number of rotatable bonds is 3. The van der Waals surface area contributed by atoms with Gasteiger partial charge in [-0.05, 0) is 37.9 Å². The van der Waals surface area contributed by atoms with Crippen molar-refractivity contribution in [3.05, 3.63) is 35.4 Å². The molecule has 0 radical (unpaired) electrons. The maximum absolute atomic E-state index is 12.3. The van der Waals surface area contributed by atoms with E-state index in [0.717, 1.165) is 25.1 Å². The van der Waals surface area contributed by atoms with Gasteiger partial charge in [0.05, 0.1) is 6.42 Å². The quantitative estimate of drug-likeness (QED) is 0.922. The second kappa shape index (κ2) is 7.51. The summed E-state index contributed by atoms with van der Waals surface area (Å²) in [5.74, 6) is 0.254. The van der Waals surface area contributed by atoms with E-state index in [0.29, 0.717) is 12.5 Å². The molecule has 1 aromatic carbocycles. The lowest BCUT2D eigenvalue weighted by molar-refractivity contribution is -0.131. The maximum atomic E-state index is 12.3. The van der Waals surface area contributed by atoms with Crippen LogP contribution in [0, 0.1) is 6.92 Å². The van der Waals surface area contributed by atoms with E-state index in [1.807, 2.05) is 30.1 Å². The van der Waals surface area contributed by atoms with E-state index < -0.39 is 0 Å². The number of likely N-dealkylation sites (N-methyl/N-ethyl adjacent to an activating group) is 1. The summed E-state index contributed by atoms with van der Waals surface area (Å²) in [4.78, 5) is 14.3. The molecule has 1 saturated heterocycles. The lowest BCUT2D eigenvalue weighted by Gasteiger charge is -2.32. The lowest BCUT2D eigenvalue weighted by atomic mass is 10.0. The number of hydrogen-bond donors (Lipinski definition) is 1. The Balaban J connectivity index is 0.00000180. The number of piperidine rings is 1. The Morgan fingerprint density at radius 3 is 2.84 bits per heavy atom. The van der Waals surface area contributed by atoms with Crippen molar-refractivity contribution in [1.82, 2.24) is 10.2 Å². The summed E-state index contributed by atoms with van der Waals surface area (Å²) in [5, 5.41) is 3.27. The van der Waals surface area contributed by atoms with Crippen molar-refractivity contribution in [2.24, 2.45) is 0 Å². The minimum atomic E-state index is 0. The molecule has 1 heterocycles. The molecule has 0 bridgehead atoms. The normalized spacial score (nSPS) is 18.8. The molecule has 0 aromatic heterocycles. The van der Waals surface area contributed by atoms with Gasteiger partial charge in [0.25, 0.3) is 0 Å². The van der Waals surface area contributed by atoms with Crippen molar-refractivity contribution in [3.63, 3.8) is 0 Å². The van der Waals surface area contributed by atoms with Gasteiger partial charge in [0.2, 0.25) is 5.91 Å². The Hall–Kier alpha value is -1.06. The van der Waals surface area contributed by atoms with Crippen LogP contribution in [0.15, 0.2) is 24.3 Å². The highest BCUT2D eigenvalue weighted by atomic mass is 35.5. The Morgan fingerprint density at radius 1 is 1.42 bits per heavy atom. The van der Waals surface area contributed by atoms with Gasteiger partial charge in [-0.1, -0.05) is 24.3 Å². The monoisotopic (exact) mass is 282 g/mol. The molecule has 0 saturated carbocycles. The van der Waals surface area contributed by atoms with E-state index in [2.05, 4.69) is 18.3 Å². The van der Waals surface area contributed by atoms with Crippen LogP contribution in [-0.4, -0.2) is 37.0 Å². The minimum absolute atomic E-state index is 0. The molecule has 0 aliphatic carbocycles. The van der Waals surface area contributed by atoms with Crippen molar-refractivity contribution < 1.29 is 4.79 Å². The van der Waals surface area contributed by atoms with Crippen LogP contribution in [0.5, 0.6) is 0 Å². The highest BCUT2D eigenvalue weighted by Crippen LogP contribution is 2.14. The van der Waals surface area contributed by atoms with Crippen LogP contribution in [-0.2, 0) is 11.2 Å². The smallest absolute Gasteiger partial charge is 0.227 e. The van der Waals surface area contributed by atoms with Gasteiger partial charge in [0.15, 0.2) is 0 Å². The van der Waals surface area contributed by atoms with E-state index in [1.165, 1.54) is 12.0 Å². The van der Waals surface area contributed by atoms with Gasteiger partial charge in [0, 0.05) is 19.1 Å². The summed E-state index contributed by atoms with van der Waals surface area (Å²) < 4.78 is 0. The maximum Gasteiger partial charge on any atom is 0.227 e. The number of benzene rings is 1. The van der Waals surface area contributed by atoms with Crippen molar-refractivity contribution in [3.8, 4) is 0 Å². The summed E-state index contributed by atoms with van der Waals surface area (Å²) in [6.07, 6.45) is 2.80. The van der Waals surface area contributed by atoms with Crippen LogP contribution in [0.3, 0.4) is 0 Å². The molecule has 1 aliphatic heterocycles. The zero-order chi connectivity index (χ0) is 13.0. The molecule has 1 N–H and O–H groups in total. The van der Waals surface area contributed by atoms with Crippen molar-refractivity contribution in [1.29, 1.82) is 0 Å². The van der Waals surface area contributed by atoms with Crippen molar-refractivity contribution in [2.45, 2.75) is 32.2 Å². The molecule has 2 rings (SSSR count). The average molecular weight is 283 g/mol.